The van der Waals surface area contributed by atoms with E-state index >= 15 is 0 Å². The number of likely N-dealkylation sites (tertiary alicyclic amines) is 1. The van der Waals surface area contributed by atoms with Gasteiger partial charge in [0.05, 0.1) is 22.8 Å². The number of carbonyl (C=O) groups excluding carboxylic acids is 1. The number of benzene rings is 1. The number of hydrogen-bond acceptors (Lipinski definition) is 5. The molecule has 1 saturated heterocycles. The fraction of sp³-hybridized carbons (Fsp3) is 0.389. The Kier molecular flexibility index (Phi) is 4.27. The molecule has 1 amide bonds. The largest absolute Gasteiger partial charge is 0.336 e. The molecule has 1 aliphatic rings. The molecule has 1 aromatic carbocycles. The van der Waals surface area contributed by atoms with Gasteiger partial charge >= 0.3 is 0 Å². The number of fused-ring (bicyclic) bond motifs is 1. The smallest absolute Gasteiger partial charge is 0.264 e. The molecular weight excluding hydrogens is 334 g/mol. The molecule has 0 saturated carbocycles. The maximum atomic E-state index is 13.0. The molecule has 2 aromatic heterocycles. The molecular formula is C18H21N5OS. The average molecular weight is 355 g/mol. The maximum Gasteiger partial charge on any atom is 0.264 e. The number of nitrogens with two attached hydrogens (primary N) is 1. The second-order valence-electron chi connectivity index (χ2n) is 6.59. The van der Waals surface area contributed by atoms with E-state index in [1.165, 1.54) is 5.56 Å². The molecule has 0 radical (unpaired) electrons. The predicted molar refractivity (Wildman–Crippen MR) is 98.6 cm³/mol. The second-order valence-corrected chi connectivity index (χ2v) is 7.68. The van der Waals surface area contributed by atoms with E-state index in [9.17, 15) is 4.79 Å². The van der Waals surface area contributed by atoms with Gasteiger partial charge in [-0.15, -0.1) is 16.4 Å². The van der Waals surface area contributed by atoms with E-state index in [0.717, 1.165) is 40.0 Å². The second kappa shape index (κ2) is 6.57. The van der Waals surface area contributed by atoms with Crippen molar-refractivity contribution in [1.29, 1.82) is 0 Å². The summed E-state index contributed by atoms with van der Waals surface area (Å²) in [6, 6.07) is 8.49. The summed E-state index contributed by atoms with van der Waals surface area (Å²) in [4.78, 5) is 15.7. The molecule has 0 aliphatic carbocycles. The standard InChI is InChI=1S/C18H21N5OS/c1-12-4-5-16-13(7-12)8-17(25-16)18(24)22-6-2-3-15(11-22)23-10-14(9-19)20-21-23/h4-5,7-8,10,15H,2-3,6,9,11,19H2,1H3. The van der Waals surface area contributed by atoms with Crippen molar-refractivity contribution in [2.75, 3.05) is 13.1 Å². The highest BCUT2D eigenvalue weighted by atomic mass is 32.1. The minimum Gasteiger partial charge on any atom is -0.336 e. The minimum absolute atomic E-state index is 0.114. The van der Waals surface area contributed by atoms with Crippen LogP contribution in [0.3, 0.4) is 0 Å². The summed E-state index contributed by atoms with van der Waals surface area (Å²) in [6.45, 7) is 3.92. The molecule has 0 bridgehead atoms. The summed E-state index contributed by atoms with van der Waals surface area (Å²) in [5, 5.41) is 9.38. The third-order valence-corrected chi connectivity index (χ3v) is 5.81. The fourth-order valence-electron chi connectivity index (χ4n) is 3.36. The lowest BCUT2D eigenvalue weighted by Crippen LogP contribution is -2.40. The van der Waals surface area contributed by atoms with Gasteiger partial charge in [0.15, 0.2) is 0 Å². The van der Waals surface area contributed by atoms with Gasteiger partial charge in [-0.1, -0.05) is 22.9 Å². The van der Waals surface area contributed by atoms with Crippen molar-refractivity contribution < 1.29 is 4.79 Å². The Morgan fingerprint density at radius 2 is 2.28 bits per heavy atom. The van der Waals surface area contributed by atoms with E-state index in [2.05, 4.69) is 35.4 Å². The summed E-state index contributed by atoms with van der Waals surface area (Å²) < 4.78 is 3.02. The zero-order chi connectivity index (χ0) is 17.4. The maximum absolute atomic E-state index is 13.0. The van der Waals surface area contributed by atoms with Crippen LogP contribution in [0.5, 0.6) is 0 Å². The van der Waals surface area contributed by atoms with Crippen molar-refractivity contribution in [3.63, 3.8) is 0 Å². The molecule has 130 valence electrons. The molecule has 7 heteroatoms. The van der Waals surface area contributed by atoms with Gasteiger partial charge in [-0.3, -0.25) is 4.79 Å². The third-order valence-electron chi connectivity index (χ3n) is 4.71. The van der Waals surface area contributed by atoms with Crippen LogP contribution in [0, 0.1) is 6.92 Å². The first kappa shape index (κ1) is 16.2. The van der Waals surface area contributed by atoms with Gasteiger partial charge in [-0.25, -0.2) is 4.68 Å². The molecule has 0 spiro atoms. The number of nitrogens with zero attached hydrogens (tertiary/aromatic N) is 4. The number of aromatic nitrogens is 3. The Labute approximate surface area is 150 Å². The highest BCUT2D eigenvalue weighted by molar-refractivity contribution is 7.20. The van der Waals surface area contributed by atoms with Crippen molar-refractivity contribution in [3.8, 4) is 0 Å². The van der Waals surface area contributed by atoms with Crippen molar-refractivity contribution >= 4 is 27.3 Å². The molecule has 1 aliphatic heterocycles. The van der Waals surface area contributed by atoms with Gasteiger partial charge in [-0.2, -0.15) is 0 Å². The topological polar surface area (TPSA) is 77.0 Å². The highest BCUT2D eigenvalue weighted by Crippen LogP contribution is 2.29. The number of amides is 1. The van der Waals surface area contributed by atoms with Crippen LogP contribution in [0.15, 0.2) is 30.5 Å². The number of aryl methyl sites for hydroxylation is 1. The Balaban J connectivity index is 1.54. The number of carbonyl (C=O) groups is 1. The van der Waals surface area contributed by atoms with Crippen LogP contribution >= 0.6 is 11.3 Å². The van der Waals surface area contributed by atoms with Crippen molar-refractivity contribution in [2.45, 2.75) is 32.4 Å². The monoisotopic (exact) mass is 355 g/mol. The molecule has 1 atom stereocenters. The molecule has 3 heterocycles. The average Bonchev–Trinajstić information content (AvgIpc) is 3.27. The minimum atomic E-state index is 0.114. The Morgan fingerprint density at radius 3 is 3.08 bits per heavy atom. The SMILES string of the molecule is Cc1ccc2sc(C(=O)N3CCCC(n4cc(CN)nn4)C3)cc2c1. The van der Waals surface area contributed by atoms with Gasteiger partial charge in [0, 0.05) is 24.3 Å². The number of hydrogen-bond donors (Lipinski definition) is 1. The van der Waals surface area contributed by atoms with Crippen LogP contribution in [0.1, 0.15) is 39.8 Å². The molecule has 1 fully saturated rings. The van der Waals surface area contributed by atoms with E-state index in [-0.39, 0.29) is 11.9 Å². The molecule has 6 nitrogen and oxygen atoms in total. The number of rotatable bonds is 3. The van der Waals surface area contributed by atoms with Gasteiger partial charge in [0.1, 0.15) is 0 Å². The molecule has 2 N–H and O–H groups in total. The first-order valence-electron chi connectivity index (χ1n) is 8.54. The quantitative estimate of drug-likeness (QED) is 0.784. The summed E-state index contributed by atoms with van der Waals surface area (Å²) in [5.41, 5.74) is 7.61. The normalized spacial score (nSPS) is 18.0. The lowest BCUT2D eigenvalue weighted by molar-refractivity contribution is 0.0677. The van der Waals surface area contributed by atoms with Gasteiger partial charge in [-0.05, 0) is 37.3 Å². The van der Waals surface area contributed by atoms with Crippen LogP contribution in [0.2, 0.25) is 0 Å². The van der Waals surface area contributed by atoms with E-state index in [1.54, 1.807) is 11.3 Å². The zero-order valence-corrected chi connectivity index (χ0v) is 15.0. The zero-order valence-electron chi connectivity index (χ0n) is 14.2. The lowest BCUT2D eigenvalue weighted by atomic mass is 10.1. The van der Waals surface area contributed by atoms with Crippen LogP contribution in [-0.2, 0) is 6.54 Å². The highest BCUT2D eigenvalue weighted by Gasteiger charge is 2.27. The molecule has 25 heavy (non-hydrogen) atoms. The van der Waals surface area contributed by atoms with E-state index in [4.69, 9.17) is 5.73 Å². The van der Waals surface area contributed by atoms with Crippen molar-refractivity contribution in [1.82, 2.24) is 19.9 Å². The summed E-state index contributed by atoms with van der Waals surface area (Å²) >= 11 is 1.57. The summed E-state index contributed by atoms with van der Waals surface area (Å²) in [6.07, 6.45) is 3.86. The van der Waals surface area contributed by atoms with Crippen molar-refractivity contribution in [3.05, 3.63) is 46.6 Å². The fourth-order valence-corrected chi connectivity index (χ4v) is 4.38. The number of piperidine rings is 1. The Bertz CT molecular complexity index is 915. The molecule has 3 aromatic rings. The van der Waals surface area contributed by atoms with E-state index in [1.807, 2.05) is 21.8 Å². The third kappa shape index (κ3) is 3.17. The Morgan fingerprint density at radius 1 is 1.40 bits per heavy atom. The van der Waals surface area contributed by atoms with E-state index < -0.39 is 0 Å². The summed E-state index contributed by atoms with van der Waals surface area (Å²) in [7, 11) is 0. The Hall–Kier alpha value is -2.25. The molecule has 4 rings (SSSR count). The van der Waals surface area contributed by atoms with Gasteiger partial charge in [0.25, 0.3) is 5.91 Å². The first-order valence-corrected chi connectivity index (χ1v) is 9.36. The first-order chi connectivity index (χ1) is 12.1. The van der Waals surface area contributed by atoms with Crippen LogP contribution < -0.4 is 5.73 Å². The van der Waals surface area contributed by atoms with Gasteiger partial charge in [0.2, 0.25) is 0 Å². The number of thiophene rings is 1. The van der Waals surface area contributed by atoms with Crippen molar-refractivity contribution in [2.24, 2.45) is 5.73 Å². The van der Waals surface area contributed by atoms with Crippen LogP contribution in [0.25, 0.3) is 10.1 Å². The van der Waals surface area contributed by atoms with Crippen LogP contribution in [-0.4, -0.2) is 38.9 Å². The predicted octanol–water partition coefficient (Wildman–Crippen LogP) is 2.74. The lowest BCUT2D eigenvalue weighted by Gasteiger charge is -2.32. The van der Waals surface area contributed by atoms with Gasteiger partial charge < -0.3 is 10.6 Å². The van der Waals surface area contributed by atoms with Crippen LogP contribution in [0.4, 0.5) is 0 Å². The molecule has 1 unspecified atom stereocenters. The summed E-state index contributed by atoms with van der Waals surface area (Å²) in [5.74, 6) is 0.114. The van der Waals surface area contributed by atoms with E-state index in [0.29, 0.717) is 13.1 Å².